The number of rotatable bonds is 1. The number of benzene rings is 4. The van der Waals surface area contributed by atoms with Gasteiger partial charge in [0.2, 0.25) is 5.88 Å². The molecule has 3 nitrogen and oxygen atoms in total. The Labute approximate surface area is 167 Å². The van der Waals surface area contributed by atoms with Gasteiger partial charge in [-0.05, 0) is 46.0 Å². The number of hydrogen-bond donors (Lipinski definition) is 1. The summed E-state index contributed by atoms with van der Waals surface area (Å²) in [6, 6.07) is 26.3. The van der Waals surface area contributed by atoms with Gasteiger partial charge in [-0.15, -0.1) is 0 Å². The van der Waals surface area contributed by atoms with Gasteiger partial charge in [-0.1, -0.05) is 60.1 Å². The van der Waals surface area contributed by atoms with Gasteiger partial charge in [-0.25, -0.2) is 0 Å². The lowest BCUT2D eigenvalue weighted by Crippen LogP contribution is -2.21. The molecule has 0 bridgehead atoms. The minimum atomic E-state index is -0.290. The summed E-state index contributed by atoms with van der Waals surface area (Å²) in [4.78, 5) is 0. The zero-order chi connectivity index (χ0) is 19.3. The SMILES string of the molecule is N#CC1=C(N)Oc2c(ccc3cc4ccccc4cc23)C1c1ccc(Cl)cc1. The van der Waals surface area contributed by atoms with Crippen molar-refractivity contribution >= 4 is 33.1 Å². The van der Waals surface area contributed by atoms with Crippen LogP contribution in [0.3, 0.4) is 0 Å². The Bertz CT molecular complexity index is 1320. The van der Waals surface area contributed by atoms with Crippen LogP contribution in [0, 0.1) is 11.3 Å². The second-order valence-corrected chi connectivity index (χ2v) is 7.32. The van der Waals surface area contributed by atoms with Crippen LogP contribution in [-0.2, 0) is 0 Å². The summed E-state index contributed by atoms with van der Waals surface area (Å²) in [7, 11) is 0. The predicted molar refractivity (Wildman–Crippen MR) is 112 cm³/mol. The number of halogens is 1. The molecule has 1 heterocycles. The van der Waals surface area contributed by atoms with Gasteiger partial charge in [-0.2, -0.15) is 5.26 Å². The molecular formula is C24H15ClN2O. The first-order chi connectivity index (χ1) is 13.7. The van der Waals surface area contributed by atoms with Gasteiger partial charge >= 0.3 is 0 Å². The molecule has 1 atom stereocenters. The molecule has 0 saturated carbocycles. The Morgan fingerprint density at radius 3 is 2.32 bits per heavy atom. The van der Waals surface area contributed by atoms with Crippen LogP contribution in [0.1, 0.15) is 17.0 Å². The van der Waals surface area contributed by atoms with Crippen molar-refractivity contribution < 1.29 is 4.74 Å². The molecule has 28 heavy (non-hydrogen) atoms. The number of allylic oxidation sites excluding steroid dienone is 1. The van der Waals surface area contributed by atoms with E-state index in [0.717, 1.165) is 27.3 Å². The molecule has 1 unspecified atom stereocenters. The van der Waals surface area contributed by atoms with Crippen LogP contribution in [0.15, 0.2) is 84.3 Å². The van der Waals surface area contributed by atoms with E-state index in [1.807, 2.05) is 42.5 Å². The molecule has 0 saturated heterocycles. The predicted octanol–water partition coefficient (Wildman–Crippen LogP) is 5.86. The number of hydrogen-bond acceptors (Lipinski definition) is 3. The van der Waals surface area contributed by atoms with Gasteiger partial charge in [-0.3, -0.25) is 0 Å². The molecule has 0 aromatic heterocycles. The van der Waals surface area contributed by atoms with Crippen LogP contribution in [0.4, 0.5) is 0 Å². The van der Waals surface area contributed by atoms with E-state index in [4.69, 9.17) is 22.1 Å². The largest absolute Gasteiger partial charge is 0.440 e. The topological polar surface area (TPSA) is 59.0 Å². The highest BCUT2D eigenvalue weighted by Crippen LogP contribution is 2.46. The summed E-state index contributed by atoms with van der Waals surface area (Å²) in [5, 5.41) is 14.7. The summed E-state index contributed by atoms with van der Waals surface area (Å²) in [6.07, 6.45) is 0. The molecule has 4 aromatic carbocycles. The molecule has 5 rings (SSSR count). The van der Waals surface area contributed by atoms with Crippen molar-refractivity contribution in [2.75, 3.05) is 0 Å². The van der Waals surface area contributed by atoms with Crippen molar-refractivity contribution in [2.24, 2.45) is 5.73 Å². The molecule has 0 amide bonds. The molecule has 134 valence electrons. The average molecular weight is 383 g/mol. The molecule has 0 aliphatic carbocycles. The van der Waals surface area contributed by atoms with E-state index in [1.165, 1.54) is 5.39 Å². The highest BCUT2D eigenvalue weighted by atomic mass is 35.5. The Hall–Kier alpha value is -3.48. The van der Waals surface area contributed by atoms with E-state index >= 15 is 0 Å². The van der Waals surface area contributed by atoms with Crippen molar-refractivity contribution in [3.8, 4) is 11.8 Å². The zero-order valence-corrected chi connectivity index (χ0v) is 15.6. The maximum atomic E-state index is 9.73. The summed E-state index contributed by atoms with van der Waals surface area (Å²) >= 11 is 6.06. The fourth-order valence-corrected chi connectivity index (χ4v) is 4.05. The highest BCUT2D eigenvalue weighted by molar-refractivity contribution is 6.30. The second kappa shape index (κ2) is 6.30. The van der Waals surface area contributed by atoms with Crippen molar-refractivity contribution in [3.63, 3.8) is 0 Å². The summed E-state index contributed by atoms with van der Waals surface area (Å²) in [5.41, 5.74) is 8.47. The van der Waals surface area contributed by atoms with E-state index in [2.05, 4.69) is 36.4 Å². The highest BCUT2D eigenvalue weighted by Gasteiger charge is 2.31. The molecule has 4 heteroatoms. The van der Waals surface area contributed by atoms with Gasteiger partial charge in [0, 0.05) is 16.0 Å². The smallest absolute Gasteiger partial charge is 0.205 e. The van der Waals surface area contributed by atoms with Crippen LogP contribution in [0.25, 0.3) is 21.5 Å². The van der Waals surface area contributed by atoms with E-state index in [1.54, 1.807) is 0 Å². The molecule has 0 fully saturated rings. The van der Waals surface area contributed by atoms with Gasteiger partial charge < -0.3 is 10.5 Å². The third-order valence-corrected chi connectivity index (χ3v) is 5.52. The first-order valence-corrected chi connectivity index (χ1v) is 9.32. The first-order valence-electron chi connectivity index (χ1n) is 8.94. The van der Waals surface area contributed by atoms with Crippen molar-refractivity contribution in [2.45, 2.75) is 5.92 Å². The Kier molecular flexibility index (Phi) is 3.75. The zero-order valence-electron chi connectivity index (χ0n) is 14.8. The number of nitriles is 1. The fourth-order valence-electron chi connectivity index (χ4n) is 3.93. The maximum absolute atomic E-state index is 9.73. The quantitative estimate of drug-likeness (QED) is 0.419. The van der Waals surface area contributed by atoms with E-state index in [-0.39, 0.29) is 11.8 Å². The summed E-state index contributed by atoms with van der Waals surface area (Å²) < 4.78 is 5.98. The number of fused-ring (bicyclic) bond motifs is 4. The normalized spacial score (nSPS) is 15.9. The lowest BCUT2D eigenvalue weighted by Gasteiger charge is -2.27. The third kappa shape index (κ3) is 2.51. The molecule has 0 radical (unpaired) electrons. The standard InChI is InChI=1S/C24H15ClN2O/c25-18-8-5-14(6-9-18)22-19-10-7-17-11-15-3-1-2-4-16(15)12-20(17)23(19)28-24(27)21(22)13-26/h1-12,22H,27H2. The number of nitrogens with zero attached hydrogens (tertiary/aromatic N) is 1. The monoisotopic (exact) mass is 382 g/mol. The molecule has 0 spiro atoms. The minimum absolute atomic E-state index is 0.149. The van der Waals surface area contributed by atoms with Gasteiger partial charge in [0.1, 0.15) is 17.4 Å². The third-order valence-electron chi connectivity index (χ3n) is 5.27. The Morgan fingerprint density at radius 2 is 1.61 bits per heavy atom. The minimum Gasteiger partial charge on any atom is -0.440 e. The second-order valence-electron chi connectivity index (χ2n) is 6.88. The van der Waals surface area contributed by atoms with E-state index in [9.17, 15) is 5.26 Å². The Balaban J connectivity index is 1.81. The molecule has 1 aliphatic rings. The first kappa shape index (κ1) is 16.7. The van der Waals surface area contributed by atoms with Gasteiger partial charge in [0.05, 0.1) is 5.92 Å². The lowest BCUT2D eigenvalue weighted by atomic mass is 9.82. The summed E-state index contributed by atoms with van der Waals surface area (Å²) in [6.45, 7) is 0. The average Bonchev–Trinajstić information content (AvgIpc) is 2.72. The van der Waals surface area contributed by atoms with E-state index in [0.29, 0.717) is 16.3 Å². The molecule has 2 N–H and O–H groups in total. The molecule has 1 aliphatic heterocycles. The van der Waals surface area contributed by atoms with Crippen LogP contribution in [0.5, 0.6) is 5.75 Å². The van der Waals surface area contributed by atoms with Crippen molar-refractivity contribution in [1.29, 1.82) is 5.26 Å². The van der Waals surface area contributed by atoms with Crippen molar-refractivity contribution in [1.82, 2.24) is 0 Å². The number of ether oxygens (including phenoxy) is 1. The van der Waals surface area contributed by atoms with Gasteiger partial charge in [0.25, 0.3) is 0 Å². The van der Waals surface area contributed by atoms with Gasteiger partial charge in [0.15, 0.2) is 0 Å². The molecule has 4 aromatic rings. The van der Waals surface area contributed by atoms with Crippen LogP contribution < -0.4 is 10.5 Å². The van der Waals surface area contributed by atoms with Crippen LogP contribution in [-0.4, -0.2) is 0 Å². The van der Waals surface area contributed by atoms with E-state index < -0.39 is 0 Å². The molecular weight excluding hydrogens is 368 g/mol. The summed E-state index contributed by atoms with van der Waals surface area (Å²) in [5.74, 6) is 0.567. The van der Waals surface area contributed by atoms with Crippen LogP contribution in [0.2, 0.25) is 5.02 Å². The maximum Gasteiger partial charge on any atom is 0.205 e. The Morgan fingerprint density at radius 1 is 0.893 bits per heavy atom. The lowest BCUT2D eigenvalue weighted by molar-refractivity contribution is 0.398. The van der Waals surface area contributed by atoms with Crippen molar-refractivity contribution in [3.05, 3.63) is 100 Å². The van der Waals surface area contributed by atoms with Crippen LogP contribution >= 0.6 is 11.6 Å². The fraction of sp³-hybridized carbons (Fsp3) is 0.0417. The number of nitrogens with two attached hydrogens (primary N) is 1.